The highest BCUT2D eigenvalue weighted by Gasteiger charge is 2.34. The lowest BCUT2D eigenvalue weighted by molar-refractivity contribution is -0.120. The summed E-state index contributed by atoms with van der Waals surface area (Å²) in [6.45, 7) is 4.00. The number of rotatable bonds is 5. The van der Waals surface area contributed by atoms with E-state index in [1.54, 1.807) is 36.6 Å². The zero-order chi connectivity index (χ0) is 22.2. The van der Waals surface area contributed by atoms with Crippen molar-refractivity contribution in [1.29, 1.82) is 0 Å². The van der Waals surface area contributed by atoms with Crippen molar-refractivity contribution in [3.63, 3.8) is 0 Å². The minimum absolute atomic E-state index is 0.127. The van der Waals surface area contributed by atoms with Gasteiger partial charge in [-0.3, -0.25) is 4.79 Å². The van der Waals surface area contributed by atoms with Gasteiger partial charge in [-0.1, -0.05) is 22.8 Å². The van der Waals surface area contributed by atoms with Gasteiger partial charge in [-0.25, -0.2) is 8.42 Å². The molecule has 8 nitrogen and oxygen atoms in total. The summed E-state index contributed by atoms with van der Waals surface area (Å²) in [5, 5.41) is 8.98. The second-order valence-corrected chi connectivity index (χ2v) is 10.9. The highest BCUT2D eigenvalue weighted by atomic mass is 35.5. The summed E-state index contributed by atoms with van der Waals surface area (Å²) in [5.74, 6) is 0.106. The summed E-state index contributed by atoms with van der Waals surface area (Å²) in [6.07, 6.45) is 1.23. The molecule has 0 radical (unpaired) electrons. The van der Waals surface area contributed by atoms with Gasteiger partial charge in [0.2, 0.25) is 17.6 Å². The van der Waals surface area contributed by atoms with Gasteiger partial charge in [0.05, 0.1) is 5.92 Å². The molecule has 0 spiro atoms. The number of piperidine rings is 1. The Morgan fingerprint density at radius 2 is 2.16 bits per heavy atom. The zero-order valence-corrected chi connectivity index (χ0v) is 19.4. The molecule has 3 heterocycles. The van der Waals surface area contributed by atoms with E-state index in [2.05, 4.69) is 15.5 Å². The molecule has 0 saturated carbocycles. The topological polar surface area (TPSA) is 105 Å². The van der Waals surface area contributed by atoms with Crippen LogP contribution in [0.3, 0.4) is 0 Å². The van der Waals surface area contributed by atoms with Crippen LogP contribution >= 0.6 is 22.9 Å². The third kappa shape index (κ3) is 4.52. The van der Waals surface area contributed by atoms with Gasteiger partial charge < -0.3 is 9.84 Å². The van der Waals surface area contributed by atoms with Crippen LogP contribution in [0.4, 0.5) is 5.69 Å². The van der Waals surface area contributed by atoms with Gasteiger partial charge >= 0.3 is 0 Å². The lowest BCUT2D eigenvalue weighted by Crippen LogP contribution is -2.43. The van der Waals surface area contributed by atoms with Crippen molar-refractivity contribution in [2.45, 2.75) is 30.9 Å². The van der Waals surface area contributed by atoms with Crippen LogP contribution in [0.1, 0.15) is 24.3 Å². The number of aryl methyl sites for hydroxylation is 1. The predicted octanol–water partition coefficient (Wildman–Crippen LogP) is 4.11. The molecule has 1 aromatic carbocycles. The molecule has 1 aliphatic heterocycles. The number of thiophene rings is 1. The van der Waals surface area contributed by atoms with Crippen LogP contribution in [0.5, 0.6) is 0 Å². The summed E-state index contributed by atoms with van der Waals surface area (Å²) in [5.41, 5.74) is 2.00. The number of carbonyl (C=O) groups excluding carboxylic acids is 1. The maximum atomic E-state index is 13.2. The van der Waals surface area contributed by atoms with Crippen molar-refractivity contribution >= 4 is 44.6 Å². The fourth-order valence-electron chi connectivity index (χ4n) is 3.47. The number of nitrogens with one attached hydrogen (secondary N) is 1. The number of anilines is 1. The third-order valence-corrected chi connectivity index (χ3v) is 8.93. The first-order valence-corrected chi connectivity index (χ1v) is 12.4. The normalized spacial score (nSPS) is 17.6. The van der Waals surface area contributed by atoms with E-state index < -0.39 is 15.9 Å². The molecule has 1 aliphatic rings. The zero-order valence-electron chi connectivity index (χ0n) is 17.0. The van der Waals surface area contributed by atoms with Crippen LogP contribution < -0.4 is 5.32 Å². The smallest absolute Gasteiger partial charge is 0.252 e. The van der Waals surface area contributed by atoms with Crippen molar-refractivity contribution in [2.75, 3.05) is 18.4 Å². The maximum absolute atomic E-state index is 13.2. The van der Waals surface area contributed by atoms with E-state index in [0.29, 0.717) is 47.4 Å². The molecule has 4 rings (SSSR count). The number of amides is 1. The Kier molecular flexibility index (Phi) is 6.16. The third-order valence-electron chi connectivity index (χ3n) is 5.24. The first-order valence-electron chi connectivity index (χ1n) is 9.71. The van der Waals surface area contributed by atoms with Gasteiger partial charge in [0, 0.05) is 41.7 Å². The molecule has 0 aliphatic carbocycles. The first-order chi connectivity index (χ1) is 14.8. The first kappa shape index (κ1) is 21.9. The van der Waals surface area contributed by atoms with Gasteiger partial charge in [0.25, 0.3) is 10.0 Å². The van der Waals surface area contributed by atoms with E-state index in [-0.39, 0.29) is 16.7 Å². The number of aromatic nitrogens is 2. The molecule has 1 amide bonds. The van der Waals surface area contributed by atoms with Crippen molar-refractivity contribution in [2.24, 2.45) is 5.92 Å². The largest absolute Gasteiger partial charge is 0.339 e. The summed E-state index contributed by atoms with van der Waals surface area (Å²) in [6, 6.07) is 6.85. The molecule has 2 aromatic heterocycles. The van der Waals surface area contributed by atoms with Gasteiger partial charge in [0.15, 0.2) is 0 Å². The number of hydrogen-bond donors (Lipinski definition) is 1. The maximum Gasteiger partial charge on any atom is 0.252 e. The molecule has 1 N–H and O–H groups in total. The molecule has 11 heteroatoms. The van der Waals surface area contributed by atoms with E-state index in [4.69, 9.17) is 16.1 Å². The molecule has 1 atom stereocenters. The number of nitrogens with zero attached hydrogens (tertiary/aromatic N) is 3. The lowest BCUT2D eigenvalue weighted by Gasteiger charge is -2.31. The Labute approximate surface area is 189 Å². The van der Waals surface area contributed by atoms with Crippen molar-refractivity contribution in [3.8, 4) is 11.4 Å². The molecule has 31 heavy (non-hydrogen) atoms. The molecule has 164 valence electrons. The highest BCUT2D eigenvalue weighted by molar-refractivity contribution is 7.91. The quantitative estimate of drug-likeness (QED) is 0.589. The number of sulfonamides is 1. The van der Waals surface area contributed by atoms with Gasteiger partial charge in [-0.2, -0.15) is 9.29 Å². The van der Waals surface area contributed by atoms with Crippen LogP contribution in [-0.2, 0) is 14.8 Å². The minimum atomic E-state index is -3.73. The van der Waals surface area contributed by atoms with E-state index in [0.717, 1.165) is 16.9 Å². The van der Waals surface area contributed by atoms with Crippen LogP contribution in [0.25, 0.3) is 11.4 Å². The predicted molar refractivity (Wildman–Crippen MR) is 119 cm³/mol. The van der Waals surface area contributed by atoms with Crippen LogP contribution in [0.2, 0.25) is 5.02 Å². The highest BCUT2D eigenvalue weighted by Crippen LogP contribution is 2.32. The molecule has 0 bridgehead atoms. The Morgan fingerprint density at radius 3 is 2.90 bits per heavy atom. The number of halogens is 1. The number of carbonyl (C=O) groups is 1. The van der Waals surface area contributed by atoms with Crippen molar-refractivity contribution in [1.82, 2.24) is 14.4 Å². The molecule has 3 aromatic rings. The van der Waals surface area contributed by atoms with E-state index in [9.17, 15) is 13.2 Å². The van der Waals surface area contributed by atoms with E-state index >= 15 is 0 Å². The fourth-order valence-corrected chi connectivity index (χ4v) is 6.47. The molecular formula is C20H21ClN4O4S2. The Balaban J connectivity index is 1.49. The average Bonchev–Trinajstić information content (AvgIpc) is 3.41. The number of benzene rings is 1. The van der Waals surface area contributed by atoms with Gasteiger partial charge in [-0.05, 0) is 43.5 Å². The molecule has 1 fully saturated rings. The second-order valence-electron chi connectivity index (χ2n) is 7.40. The molecule has 1 saturated heterocycles. The molecular weight excluding hydrogens is 460 g/mol. The van der Waals surface area contributed by atoms with Crippen LogP contribution in [-0.4, -0.2) is 41.9 Å². The Morgan fingerprint density at radius 1 is 1.35 bits per heavy atom. The van der Waals surface area contributed by atoms with Gasteiger partial charge in [-0.15, -0.1) is 11.3 Å². The van der Waals surface area contributed by atoms with E-state index in [1.165, 1.54) is 4.31 Å². The van der Waals surface area contributed by atoms with Crippen molar-refractivity contribution in [3.05, 3.63) is 46.1 Å². The fraction of sp³-hybridized carbons (Fsp3) is 0.350. The summed E-state index contributed by atoms with van der Waals surface area (Å²) < 4.78 is 32.9. The Hall–Kier alpha value is -2.27. The van der Waals surface area contributed by atoms with Crippen LogP contribution in [0.15, 0.2) is 38.4 Å². The van der Waals surface area contributed by atoms with Crippen LogP contribution in [0, 0.1) is 19.8 Å². The lowest BCUT2D eigenvalue weighted by atomic mass is 9.98. The number of hydrogen-bond acceptors (Lipinski definition) is 7. The average molecular weight is 481 g/mol. The van der Waals surface area contributed by atoms with Crippen molar-refractivity contribution < 1.29 is 17.7 Å². The SMILES string of the molecule is Cc1nc(-c2csc(S(=O)(=O)N3CCC[C@@H](C(=O)Nc4cccc(Cl)c4C)C3)c2)no1. The standard InChI is InChI=1S/C20H21ClN4O4S2/c1-12-16(21)6-3-7-17(12)23-20(26)14-5-4-8-25(10-14)31(27,28)18-9-15(11-30-18)19-22-13(2)29-24-19/h3,6-7,9,11,14H,4-5,8,10H2,1-2H3,(H,23,26)/t14-/m1/s1. The Bertz CT molecular complexity index is 1220. The van der Waals surface area contributed by atoms with Gasteiger partial charge in [0.1, 0.15) is 4.21 Å². The summed E-state index contributed by atoms with van der Waals surface area (Å²) in [7, 11) is -3.73. The summed E-state index contributed by atoms with van der Waals surface area (Å²) >= 11 is 7.23. The van der Waals surface area contributed by atoms with E-state index in [1.807, 2.05) is 6.92 Å². The second kappa shape index (κ2) is 8.70. The molecule has 0 unspecified atom stereocenters. The monoisotopic (exact) mass is 480 g/mol. The minimum Gasteiger partial charge on any atom is -0.339 e. The summed E-state index contributed by atoms with van der Waals surface area (Å²) in [4.78, 5) is 17.0.